The van der Waals surface area contributed by atoms with Crippen molar-refractivity contribution in [3.8, 4) is 0 Å². The molecule has 0 saturated carbocycles. The lowest BCUT2D eigenvalue weighted by Gasteiger charge is -2.40. The minimum absolute atomic E-state index is 0.280. The molecular formula is C21H27N3O. The maximum Gasteiger partial charge on any atom is 0.140 e. The molecule has 1 aromatic heterocycles. The van der Waals surface area contributed by atoms with Gasteiger partial charge in [-0.15, -0.1) is 0 Å². The lowest BCUT2D eigenvalue weighted by atomic mass is 9.70. The SMILES string of the molecule is CC(=O)C1(c2ccccc2)CCN(Cc2ccnc(C(C)C)n2)CC1. The standard InChI is InChI=1S/C21H27N3O/c1-16(2)20-22-12-9-19(23-20)15-24-13-10-21(11-14-24,17(3)25)18-7-5-4-6-8-18/h4-9,12,16H,10-11,13-15H2,1-3H3. The van der Waals surface area contributed by atoms with E-state index in [1.165, 1.54) is 0 Å². The monoisotopic (exact) mass is 337 g/mol. The molecule has 1 aliphatic heterocycles. The number of nitrogens with zero attached hydrogens (tertiary/aromatic N) is 3. The van der Waals surface area contributed by atoms with E-state index in [1.807, 2.05) is 30.5 Å². The Kier molecular flexibility index (Phi) is 5.28. The normalized spacial score (nSPS) is 17.6. The summed E-state index contributed by atoms with van der Waals surface area (Å²) >= 11 is 0. The van der Waals surface area contributed by atoms with E-state index in [1.54, 1.807) is 6.92 Å². The highest BCUT2D eigenvalue weighted by molar-refractivity contribution is 5.88. The van der Waals surface area contributed by atoms with Gasteiger partial charge in [-0.3, -0.25) is 9.69 Å². The number of hydrogen-bond donors (Lipinski definition) is 0. The average molecular weight is 337 g/mol. The number of ketones is 1. The van der Waals surface area contributed by atoms with Gasteiger partial charge in [-0.25, -0.2) is 9.97 Å². The quantitative estimate of drug-likeness (QED) is 0.834. The number of carbonyl (C=O) groups excluding carboxylic acids is 1. The van der Waals surface area contributed by atoms with Gasteiger partial charge in [-0.2, -0.15) is 0 Å². The second-order valence-electron chi connectivity index (χ2n) is 7.34. The van der Waals surface area contributed by atoms with Crippen LogP contribution in [0.4, 0.5) is 0 Å². The Balaban J connectivity index is 1.70. The maximum absolute atomic E-state index is 12.5. The molecule has 1 aliphatic rings. The number of piperidine rings is 1. The molecule has 3 rings (SSSR count). The predicted molar refractivity (Wildman–Crippen MR) is 99.4 cm³/mol. The van der Waals surface area contributed by atoms with Gasteiger partial charge < -0.3 is 0 Å². The van der Waals surface area contributed by atoms with Gasteiger partial charge in [0.2, 0.25) is 0 Å². The highest BCUT2D eigenvalue weighted by atomic mass is 16.1. The number of rotatable bonds is 5. The second-order valence-corrected chi connectivity index (χ2v) is 7.34. The zero-order valence-corrected chi connectivity index (χ0v) is 15.4. The lowest BCUT2D eigenvalue weighted by molar-refractivity contribution is -0.124. The molecule has 1 aromatic carbocycles. The summed E-state index contributed by atoms with van der Waals surface area (Å²) in [5.74, 6) is 1.52. The first-order valence-electron chi connectivity index (χ1n) is 9.12. The molecule has 0 aliphatic carbocycles. The summed E-state index contributed by atoms with van der Waals surface area (Å²) < 4.78 is 0. The molecule has 0 bridgehead atoms. The fraction of sp³-hybridized carbons (Fsp3) is 0.476. The van der Waals surface area contributed by atoms with Gasteiger partial charge in [-0.05, 0) is 44.5 Å². The Labute approximate surface area is 150 Å². The van der Waals surface area contributed by atoms with Crippen LogP contribution >= 0.6 is 0 Å². The topological polar surface area (TPSA) is 46.1 Å². The summed E-state index contributed by atoms with van der Waals surface area (Å²) in [4.78, 5) is 23.9. The first-order valence-corrected chi connectivity index (χ1v) is 9.12. The smallest absolute Gasteiger partial charge is 0.140 e. The van der Waals surface area contributed by atoms with E-state index >= 15 is 0 Å². The Hall–Kier alpha value is -2.07. The van der Waals surface area contributed by atoms with Crippen molar-refractivity contribution in [3.63, 3.8) is 0 Å². The maximum atomic E-state index is 12.5. The highest BCUT2D eigenvalue weighted by Crippen LogP contribution is 2.36. The number of carbonyl (C=O) groups is 1. The number of hydrogen-bond acceptors (Lipinski definition) is 4. The van der Waals surface area contributed by atoms with Crippen LogP contribution in [-0.2, 0) is 16.8 Å². The number of benzene rings is 1. The van der Waals surface area contributed by atoms with Crippen molar-refractivity contribution in [1.29, 1.82) is 0 Å². The predicted octanol–water partition coefficient (Wildman–Crippen LogP) is 3.72. The van der Waals surface area contributed by atoms with E-state index in [9.17, 15) is 4.79 Å². The highest BCUT2D eigenvalue weighted by Gasteiger charge is 2.40. The first kappa shape index (κ1) is 17.7. The van der Waals surface area contributed by atoms with E-state index < -0.39 is 0 Å². The van der Waals surface area contributed by atoms with Gasteiger partial charge in [0.15, 0.2) is 0 Å². The summed E-state index contributed by atoms with van der Waals surface area (Å²) in [6.07, 6.45) is 3.59. The lowest BCUT2D eigenvalue weighted by Crippen LogP contribution is -2.46. The average Bonchev–Trinajstić information content (AvgIpc) is 2.63. The fourth-order valence-corrected chi connectivity index (χ4v) is 3.70. The zero-order valence-electron chi connectivity index (χ0n) is 15.4. The van der Waals surface area contributed by atoms with Crippen molar-refractivity contribution >= 4 is 5.78 Å². The molecule has 4 heteroatoms. The molecule has 1 fully saturated rings. The van der Waals surface area contributed by atoms with Crippen molar-refractivity contribution in [2.75, 3.05) is 13.1 Å². The van der Waals surface area contributed by atoms with Crippen molar-refractivity contribution in [2.24, 2.45) is 0 Å². The van der Waals surface area contributed by atoms with E-state index in [-0.39, 0.29) is 11.2 Å². The minimum Gasteiger partial charge on any atom is -0.299 e. The summed E-state index contributed by atoms with van der Waals surface area (Å²) in [6, 6.07) is 12.2. The van der Waals surface area contributed by atoms with Crippen LogP contribution in [0.25, 0.3) is 0 Å². The third kappa shape index (κ3) is 3.79. The van der Waals surface area contributed by atoms with Crippen LogP contribution in [0.1, 0.15) is 56.6 Å². The molecule has 0 spiro atoms. The Bertz CT molecular complexity index is 719. The van der Waals surface area contributed by atoms with Gasteiger partial charge in [0.05, 0.1) is 11.1 Å². The van der Waals surface area contributed by atoms with E-state index in [0.29, 0.717) is 5.92 Å². The molecule has 1 saturated heterocycles. The van der Waals surface area contributed by atoms with Crippen LogP contribution in [0.2, 0.25) is 0 Å². The molecule has 132 valence electrons. The third-order valence-corrected chi connectivity index (χ3v) is 5.34. The third-order valence-electron chi connectivity index (χ3n) is 5.34. The molecule has 0 unspecified atom stereocenters. The van der Waals surface area contributed by atoms with Crippen molar-refractivity contribution < 1.29 is 4.79 Å². The Morgan fingerprint density at radius 1 is 1.16 bits per heavy atom. The van der Waals surface area contributed by atoms with Crippen LogP contribution in [0.3, 0.4) is 0 Å². The largest absolute Gasteiger partial charge is 0.299 e. The first-order chi connectivity index (χ1) is 12.0. The summed E-state index contributed by atoms with van der Waals surface area (Å²) in [5, 5.41) is 0. The molecular weight excluding hydrogens is 310 g/mol. The van der Waals surface area contributed by atoms with E-state index in [4.69, 9.17) is 0 Å². The van der Waals surface area contributed by atoms with Crippen LogP contribution in [0, 0.1) is 0 Å². The van der Waals surface area contributed by atoms with Crippen molar-refractivity contribution in [2.45, 2.75) is 51.5 Å². The van der Waals surface area contributed by atoms with Crippen LogP contribution in [0.5, 0.6) is 0 Å². The molecule has 2 aromatic rings. The molecule has 0 N–H and O–H groups in total. The van der Waals surface area contributed by atoms with Crippen LogP contribution < -0.4 is 0 Å². The van der Waals surface area contributed by atoms with Gasteiger partial charge in [0.25, 0.3) is 0 Å². The fourth-order valence-electron chi connectivity index (χ4n) is 3.70. The summed E-state index contributed by atoms with van der Waals surface area (Å²) in [5.41, 5.74) is 1.90. The summed E-state index contributed by atoms with van der Waals surface area (Å²) in [6.45, 7) is 8.61. The van der Waals surface area contributed by atoms with Gasteiger partial charge in [0, 0.05) is 18.7 Å². The van der Waals surface area contributed by atoms with Crippen LogP contribution in [-0.4, -0.2) is 33.7 Å². The zero-order chi connectivity index (χ0) is 17.9. The van der Waals surface area contributed by atoms with Gasteiger partial charge >= 0.3 is 0 Å². The van der Waals surface area contributed by atoms with Crippen molar-refractivity contribution in [1.82, 2.24) is 14.9 Å². The summed E-state index contributed by atoms with van der Waals surface area (Å²) in [7, 11) is 0. The van der Waals surface area contributed by atoms with E-state index in [2.05, 4.69) is 40.8 Å². The van der Waals surface area contributed by atoms with Crippen LogP contribution in [0.15, 0.2) is 42.6 Å². The second kappa shape index (κ2) is 7.44. The molecule has 25 heavy (non-hydrogen) atoms. The minimum atomic E-state index is -0.327. The molecule has 2 heterocycles. The Morgan fingerprint density at radius 2 is 1.84 bits per heavy atom. The van der Waals surface area contributed by atoms with E-state index in [0.717, 1.165) is 49.6 Å². The molecule has 4 nitrogen and oxygen atoms in total. The van der Waals surface area contributed by atoms with Gasteiger partial charge in [-0.1, -0.05) is 44.2 Å². The van der Waals surface area contributed by atoms with Crippen molar-refractivity contribution in [3.05, 3.63) is 59.7 Å². The number of likely N-dealkylation sites (tertiary alicyclic amines) is 1. The Morgan fingerprint density at radius 3 is 2.44 bits per heavy atom. The number of aromatic nitrogens is 2. The molecule has 0 atom stereocenters. The molecule has 0 amide bonds. The molecule has 0 radical (unpaired) electrons. The number of Topliss-reactive ketones (excluding diaryl/α,β-unsaturated/α-hetero) is 1. The van der Waals surface area contributed by atoms with Gasteiger partial charge in [0.1, 0.15) is 11.6 Å².